The average molecular weight is 372 g/mol. The summed E-state index contributed by atoms with van der Waals surface area (Å²) < 4.78 is 0. The molecule has 2 aromatic heterocycles. The lowest BCUT2D eigenvalue weighted by Gasteiger charge is -2.14. The van der Waals surface area contributed by atoms with Crippen LogP contribution in [-0.2, 0) is 11.2 Å². The summed E-state index contributed by atoms with van der Waals surface area (Å²) in [5.74, 6) is -1.64. The second kappa shape index (κ2) is 7.40. The molecule has 1 atom stereocenters. The third kappa shape index (κ3) is 3.64. The number of aromatic nitrogens is 3. The molecular weight excluding hydrogens is 356 g/mol. The third-order valence-electron chi connectivity index (χ3n) is 4.37. The number of para-hydroxylation sites is 3. The minimum atomic E-state index is -1.14. The molecule has 7 heteroatoms. The molecule has 0 aliphatic carbocycles. The molecule has 2 N–H and O–H groups in total. The van der Waals surface area contributed by atoms with E-state index in [9.17, 15) is 14.7 Å². The molecule has 0 aliphatic rings. The molecule has 0 radical (unpaired) electrons. The van der Waals surface area contributed by atoms with Crippen molar-refractivity contribution in [2.75, 3.05) is 0 Å². The summed E-state index contributed by atoms with van der Waals surface area (Å²) in [6.45, 7) is 0. The van der Waals surface area contributed by atoms with Gasteiger partial charge in [0.05, 0.1) is 27.8 Å². The van der Waals surface area contributed by atoms with Crippen LogP contribution >= 0.6 is 0 Å². The summed E-state index contributed by atoms with van der Waals surface area (Å²) in [6, 6.07) is 15.3. The maximum absolute atomic E-state index is 12.6. The van der Waals surface area contributed by atoms with Crippen LogP contribution in [0, 0.1) is 0 Å². The Labute approximate surface area is 160 Å². The standard InChI is InChI=1S/C21H16N4O3/c26-20(14-9-13-5-1-2-6-16(13)22-11-14)25-19(21(27)28)10-15-12-23-17-7-3-4-8-18(17)24-15/h1-9,11-12,19H,10H2,(H,25,26)(H,27,28)/t19-/m0/s1. The lowest BCUT2D eigenvalue weighted by Crippen LogP contribution is -2.42. The Balaban J connectivity index is 1.55. The normalized spacial score (nSPS) is 12.0. The number of pyridine rings is 1. The predicted molar refractivity (Wildman–Crippen MR) is 104 cm³/mol. The molecule has 1 amide bonds. The Kier molecular flexibility index (Phi) is 4.63. The Morgan fingerprint density at radius 2 is 1.61 bits per heavy atom. The van der Waals surface area contributed by atoms with Crippen molar-refractivity contribution in [3.05, 3.63) is 78.2 Å². The van der Waals surface area contributed by atoms with Crippen LogP contribution in [0.2, 0.25) is 0 Å². The number of rotatable bonds is 5. The Morgan fingerprint density at radius 1 is 0.929 bits per heavy atom. The first-order chi connectivity index (χ1) is 13.6. The molecule has 0 saturated carbocycles. The number of amides is 1. The minimum Gasteiger partial charge on any atom is -0.480 e. The number of carbonyl (C=O) groups is 2. The fraction of sp³-hybridized carbons (Fsp3) is 0.0952. The van der Waals surface area contributed by atoms with Gasteiger partial charge < -0.3 is 10.4 Å². The highest BCUT2D eigenvalue weighted by molar-refractivity contribution is 5.99. The number of carbonyl (C=O) groups excluding carboxylic acids is 1. The highest BCUT2D eigenvalue weighted by Gasteiger charge is 2.22. The number of hydrogen-bond acceptors (Lipinski definition) is 5. The molecule has 7 nitrogen and oxygen atoms in total. The summed E-state index contributed by atoms with van der Waals surface area (Å²) in [5.41, 5.74) is 2.96. The second-order valence-electron chi connectivity index (χ2n) is 6.34. The first-order valence-electron chi connectivity index (χ1n) is 8.69. The van der Waals surface area contributed by atoms with Crippen LogP contribution in [0.25, 0.3) is 21.9 Å². The molecule has 0 spiro atoms. The number of carboxylic acid groups (broad SMARTS) is 1. The fourth-order valence-electron chi connectivity index (χ4n) is 2.94. The number of nitrogens with one attached hydrogen (secondary N) is 1. The van der Waals surface area contributed by atoms with Gasteiger partial charge in [-0.05, 0) is 24.3 Å². The van der Waals surface area contributed by atoms with E-state index < -0.39 is 17.9 Å². The van der Waals surface area contributed by atoms with Crippen LogP contribution in [0.1, 0.15) is 16.1 Å². The molecule has 0 saturated heterocycles. The molecular formula is C21H16N4O3. The van der Waals surface area contributed by atoms with E-state index in [2.05, 4.69) is 20.3 Å². The third-order valence-corrected chi connectivity index (χ3v) is 4.37. The monoisotopic (exact) mass is 372 g/mol. The summed E-state index contributed by atoms with van der Waals surface area (Å²) >= 11 is 0. The molecule has 138 valence electrons. The molecule has 28 heavy (non-hydrogen) atoms. The van der Waals surface area contributed by atoms with Gasteiger partial charge in [0.15, 0.2) is 0 Å². The first kappa shape index (κ1) is 17.5. The summed E-state index contributed by atoms with van der Waals surface area (Å²) in [6.07, 6.45) is 2.99. The summed E-state index contributed by atoms with van der Waals surface area (Å²) in [4.78, 5) is 37.2. The summed E-state index contributed by atoms with van der Waals surface area (Å²) in [5, 5.41) is 12.9. The van der Waals surface area contributed by atoms with Crippen molar-refractivity contribution in [2.45, 2.75) is 12.5 Å². The van der Waals surface area contributed by atoms with Crippen molar-refractivity contribution in [3.63, 3.8) is 0 Å². The van der Waals surface area contributed by atoms with Gasteiger partial charge in [0, 0.05) is 24.2 Å². The molecule has 0 bridgehead atoms. The SMILES string of the molecule is O=C(N[C@@H](Cc1cnc2ccccc2n1)C(=O)O)c1cnc2ccccc2c1. The largest absolute Gasteiger partial charge is 0.480 e. The van der Waals surface area contributed by atoms with Gasteiger partial charge in [-0.25, -0.2) is 9.78 Å². The van der Waals surface area contributed by atoms with Crippen molar-refractivity contribution < 1.29 is 14.7 Å². The van der Waals surface area contributed by atoms with Crippen LogP contribution in [-0.4, -0.2) is 38.0 Å². The highest BCUT2D eigenvalue weighted by atomic mass is 16.4. The second-order valence-corrected chi connectivity index (χ2v) is 6.34. The van der Waals surface area contributed by atoms with E-state index in [4.69, 9.17) is 0 Å². The number of aliphatic carboxylic acids is 1. The number of carboxylic acids is 1. The van der Waals surface area contributed by atoms with Gasteiger partial charge in [-0.2, -0.15) is 0 Å². The zero-order valence-electron chi connectivity index (χ0n) is 14.7. The van der Waals surface area contributed by atoms with E-state index in [1.165, 1.54) is 12.4 Å². The Hall–Kier alpha value is -3.87. The van der Waals surface area contributed by atoms with Crippen LogP contribution in [0.4, 0.5) is 0 Å². The highest BCUT2D eigenvalue weighted by Crippen LogP contribution is 2.14. The van der Waals surface area contributed by atoms with Gasteiger partial charge in [-0.15, -0.1) is 0 Å². The maximum Gasteiger partial charge on any atom is 0.326 e. The molecule has 2 aromatic carbocycles. The van der Waals surface area contributed by atoms with E-state index in [1.54, 1.807) is 12.1 Å². The van der Waals surface area contributed by atoms with Gasteiger partial charge in [-0.3, -0.25) is 14.8 Å². The van der Waals surface area contributed by atoms with Gasteiger partial charge in [0.2, 0.25) is 0 Å². The predicted octanol–water partition coefficient (Wildman–Crippen LogP) is 2.60. The number of nitrogens with zero attached hydrogens (tertiary/aromatic N) is 3. The lowest BCUT2D eigenvalue weighted by molar-refractivity contribution is -0.139. The zero-order valence-corrected chi connectivity index (χ0v) is 14.7. The topological polar surface area (TPSA) is 105 Å². The molecule has 0 fully saturated rings. The first-order valence-corrected chi connectivity index (χ1v) is 8.69. The van der Waals surface area contributed by atoms with E-state index in [-0.39, 0.29) is 6.42 Å². The van der Waals surface area contributed by atoms with Crippen molar-refractivity contribution >= 4 is 33.8 Å². The van der Waals surface area contributed by atoms with Crippen LogP contribution in [0.15, 0.2) is 67.0 Å². The molecule has 2 heterocycles. The van der Waals surface area contributed by atoms with Crippen molar-refractivity contribution in [1.82, 2.24) is 20.3 Å². The summed E-state index contributed by atoms with van der Waals surface area (Å²) in [7, 11) is 0. The Bertz CT molecular complexity index is 1190. The van der Waals surface area contributed by atoms with E-state index in [1.807, 2.05) is 42.5 Å². The van der Waals surface area contributed by atoms with Crippen molar-refractivity contribution in [3.8, 4) is 0 Å². The number of fused-ring (bicyclic) bond motifs is 2. The van der Waals surface area contributed by atoms with E-state index in [0.29, 0.717) is 16.8 Å². The maximum atomic E-state index is 12.6. The van der Waals surface area contributed by atoms with E-state index >= 15 is 0 Å². The van der Waals surface area contributed by atoms with Crippen LogP contribution < -0.4 is 5.32 Å². The molecule has 0 unspecified atom stereocenters. The Morgan fingerprint density at radius 3 is 2.39 bits per heavy atom. The zero-order chi connectivity index (χ0) is 19.5. The van der Waals surface area contributed by atoms with Crippen LogP contribution in [0.5, 0.6) is 0 Å². The fourth-order valence-corrected chi connectivity index (χ4v) is 2.94. The van der Waals surface area contributed by atoms with Gasteiger partial charge in [0.1, 0.15) is 6.04 Å². The number of benzene rings is 2. The molecule has 4 aromatic rings. The van der Waals surface area contributed by atoms with Crippen molar-refractivity contribution in [2.24, 2.45) is 0 Å². The smallest absolute Gasteiger partial charge is 0.326 e. The lowest BCUT2D eigenvalue weighted by atomic mass is 10.1. The van der Waals surface area contributed by atoms with Crippen molar-refractivity contribution in [1.29, 1.82) is 0 Å². The van der Waals surface area contributed by atoms with Gasteiger partial charge in [0.25, 0.3) is 5.91 Å². The molecule has 4 rings (SSSR count). The van der Waals surface area contributed by atoms with Crippen LogP contribution in [0.3, 0.4) is 0 Å². The number of hydrogen-bond donors (Lipinski definition) is 2. The van der Waals surface area contributed by atoms with Gasteiger partial charge >= 0.3 is 5.97 Å². The van der Waals surface area contributed by atoms with E-state index in [0.717, 1.165) is 16.4 Å². The minimum absolute atomic E-state index is 0.0277. The average Bonchev–Trinajstić information content (AvgIpc) is 2.72. The van der Waals surface area contributed by atoms with Gasteiger partial charge in [-0.1, -0.05) is 30.3 Å². The quantitative estimate of drug-likeness (QED) is 0.558. The molecule has 0 aliphatic heterocycles.